The number of hydrogen-bond acceptors (Lipinski definition) is 5. The van der Waals surface area contributed by atoms with Gasteiger partial charge in [0.25, 0.3) is 0 Å². The highest BCUT2D eigenvalue weighted by molar-refractivity contribution is 6.10. The molecule has 2 aliphatic rings. The van der Waals surface area contributed by atoms with Crippen molar-refractivity contribution >= 4 is 29.0 Å². The van der Waals surface area contributed by atoms with Crippen molar-refractivity contribution in [1.29, 1.82) is 0 Å². The van der Waals surface area contributed by atoms with Gasteiger partial charge >= 0.3 is 0 Å². The van der Waals surface area contributed by atoms with Gasteiger partial charge in [0.1, 0.15) is 0 Å². The Morgan fingerprint density at radius 3 is 2.90 bits per heavy atom. The number of pyridine rings is 1. The lowest BCUT2D eigenvalue weighted by Gasteiger charge is -2.09. The van der Waals surface area contributed by atoms with Gasteiger partial charge < -0.3 is 15.4 Å². The van der Waals surface area contributed by atoms with E-state index in [9.17, 15) is 4.79 Å². The van der Waals surface area contributed by atoms with E-state index in [1.807, 2.05) is 43.9 Å². The van der Waals surface area contributed by atoms with E-state index in [0.717, 1.165) is 29.5 Å². The van der Waals surface area contributed by atoms with E-state index < -0.39 is 0 Å². The van der Waals surface area contributed by atoms with Crippen LogP contribution in [-0.4, -0.2) is 48.0 Å². The molecule has 1 amide bonds. The molecule has 0 unspecified atom stereocenters. The Morgan fingerprint density at radius 2 is 2.14 bits per heavy atom. The lowest BCUT2D eigenvalue weighted by molar-refractivity contribution is -0.117. The first-order valence-electron chi connectivity index (χ1n) is 10.5. The van der Waals surface area contributed by atoms with Crippen LogP contribution in [0.15, 0.2) is 35.6 Å². The molecule has 4 rings (SSSR count). The average Bonchev–Trinajstić information content (AvgIpc) is 3.30. The van der Waals surface area contributed by atoms with E-state index >= 15 is 0 Å². The number of amides is 1. The van der Waals surface area contributed by atoms with Gasteiger partial charge in [0.05, 0.1) is 24.8 Å². The maximum atomic E-state index is 12.0. The zero-order valence-corrected chi connectivity index (χ0v) is 16.9. The molecule has 29 heavy (non-hydrogen) atoms. The zero-order chi connectivity index (χ0) is 20.1. The zero-order valence-electron chi connectivity index (χ0n) is 16.9. The van der Waals surface area contributed by atoms with E-state index in [4.69, 9.17) is 4.74 Å². The van der Waals surface area contributed by atoms with Gasteiger partial charge in [-0.2, -0.15) is 5.10 Å². The third-order valence-electron chi connectivity index (χ3n) is 5.40. The lowest BCUT2D eigenvalue weighted by Crippen LogP contribution is -2.13. The monoisotopic (exact) mass is 395 g/mol. The van der Waals surface area contributed by atoms with Crippen LogP contribution < -0.4 is 10.6 Å². The van der Waals surface area contributed by atoms with Crippen molar-refractivity contribution in [2.24, 2.45) is 10.9 Å². The molecule has 0 aliphatic heterocycles. The minimum atomic E-state index is 0.0661. The second kappa shape index (κ2) is 9.22. The van der Waals surface area contributed by atoms with Gasteiger partial charge in [-0.1, -0.05) is 12.8 Å². The van der Waals surface area contributed by atoms with E-state index in [2.05, 4.69) is 20.7 Å². The summed E-state index contributed by atoms with van der Waals surface area (Å²) in [5.74, 6) is 0.821. The number of allylic oxidation sites excluding steroid dienone is 1. The van der Waals surface area contributed by atoms with Crippen molar-refractivity contribution in [1.82, 2.24) is 14.9 Å². The maximum absolute atomic E-state index is 12.0. The number of nitrogens with zero attached hydrogens (tertiary/aromatic N) is 3. The highest BCUT2D eigenvalue weighted by Gasteiger charge is 2.30. The Kier molecular flexibility index (Phi) is 6.24. The quantitative estimate of drug-likeness (QED) is 0.504. The van der Waals surface area contributed by atoms with Gasteiger partial charge in [-0.15, -0.1) is 0 Å². The number of carbonyl (C=O) groups is 1. The number of ether oxygens (including phenoxy) is 1. The largest absolute Gasteiger partial charge is 0.393 e. The first kappa shape index (κ1) is 19.6. The summed E-state index contributed by atoms with van der Waals surface area (Å²) in [6, 6.07) is 5.94. The molecule has 0 bridgehead atoms. The van der Waals surface area contributed by atoms with Crippen LogP contribution in [0.5, 0.6) is 0 Å². The molecule has 0 atom stereocenters. The number of anilines is 1. The van der Waals surface area contributed by atoms with Crippen LogP contribution in [0.2, 0.25) is 0 Å². The van der Waals surface area contributed by atoms with E-state index in [1.165, 1.54) is 25.7 Å². The van der Waals surface area contributed by atoms with Crippen LogP contribution in [0, 0.1) is 5.92 Å². The second-order valence-corrected chi connectivity index (χ2v) is 7.78. The van der Waals surface area contributed by atoms with Gasteiger partial charge in [0.2, 0.25) is 5.91 Å². The Balaban J connectivity index is 1.39. The summed E-state index contributed by atoms with van der Waals surface area (Å²) in [6.07, 6.45) is 13.0. The molecule has 2 aliphatic carbocycles. The molecule has 0 spiro atoms. The molecule has 2 aromatic rings. The van der Waals surface area contributed by atoms with Crippen LogP contribution >= 0.6 is 0 Å². The number of nitrogens with one attached hydrogen (secondary N) is 2. The summed E-state index contributed by atoms with van der Waals surface area (Å²) < 4.78 is 7.64. The summed E-state index contributed by atoms with van der Waals surface area (Å²) in [4.78, 5) is 16.5. The molecule has 154 valence electrons. The highest BCUT2D eigenvalue weighted by Crippen LogP contribution is 2.30. The fourth-order valence-electron chi connectivity index (χ4n) is 3.65. The Bertz CT molecular complexity index is 907. The minimum Gasteiger partial charge on any atom is -0.393 e. The molecule has 0 radical (unpaired) electrons. The molecule has 2 fully saturated rings. The number of aliphatic imine (C=N–C) groups is 1. The van der Waals surface area contributed by atoms with Crippen molar-refractivity contribution in [3.05, 3.63) is 36.2 Å². The average molecular weight is 396 g/mol. The topological polar surface area (TPSA) is 80.0 Å². The van der Waals surface area contributed by atoms with Crippen LogP contribution in [0.1, 0.15) is 44.1 Å². The molecule has 7 heteroatoms. The molecule has 2 aromatic heterocycles. The van der Waals surface area contributed by atoms with Crippen molar-refractivity contribution in [3.63, 3.8) is 0 Å². The van der Waals surface area contributed by atoms with Crippen molar-refractivity contribution in [2.45, 2.75) is 44.6 Å². The first-order valence-corrected chi connectivity index (χ1v) is 10.5. The van der Waals surface area contributed by atoms with Crippen molar-refractivity contribution in [2.75, 3.05) is 25.5 Å². The molecule has 0 aromatic carbocycles. The number of hydrogen-bond donors (Lipinski definition) is 2. The van der Waals surface area contributed by atoms with Gasteiger partial charge in [0.15, 0.2) is 5.82 Å². The maximum Gasteiger partial charge on any atom is 0.228 e. The first-order chi connectivity index (χ1) is 14.2. The summed E-state index contributed by atoms with van der Waals surface area (Å²) in [5.41, 5.74) is 2.95. The summed E-state index contributed by atoms with van der Waals surface area (Å²) in [6.45, 7) is 1.32. The van der Waals surface area contributed by atoms with Gasteiger partial charge in [-0.25, -0.2) is 4.52 Å². The fourth-order valence-corrected chi connectivity index (χ4v) is 3.65. The fraction of sp³-hybridized carbons (Fsp3) is 0.500. The van der Waals surface area contributed by atoms with E-state index in [0.29, 0.717) is 25.1 Å². The summed E-state index contributed by atoms with van der Waals surface area (Å²) >= 11 is 0. The second-order valence-electron chi connectivity index (χ2n) is 7.78. The predicted octanol–water partition coefficient (Wildman–Crippen LogP) is 3.27. The third-order valence-corrected chi connectivity index (χ3v) is 5.40. The molecule has 2 N–H and O–H groups in total. The van der Waals surface area contributed by atoms with Crippen LogP contribution in [0.4, 0.5) is 5.82 Å². The van der Waals surface area contributed by atoms with Crippen molar-refractivity contribution < 1.29 is 9.53 Å². The lowest BCUT2D eigenvalue weighted by atomic mass is 10.1. The number of carbonyl (C=O) groups excluding carboxylic acids is 1. The molecular weight excluding hydrogens is 366 g/mol. The van der Waals surface area contributed by atoms with Gasteiger partial charge in [-0.05, 0) is 43.4 Å². The van der Waals surface area contributed by atoms with E-state index in [1.54, 1.807) is 4.52 Å². The molecule has 7 nitrogen and oxygen atoms in total. The Morgan fingerprint density at radius 1 is 1.31 bits per heavy atom. The van der Waals surface area contributed by atoms with Crippen LogP contribution in [0.3, 0.4) is 0 Å². The standard InChI is InChI=1S/C22H29N5O2/c1-23-14-18(15-24-9-11-29-20-4-2-3-5-20)17-8-10-27-19(12-17)13-21(26-27)25-22(28)16-6-7-16/h8,10,12-16,20,23H,2-7,9,11H2,1H3,(H,25,26,28)/b18-14+,24-15-. The van der Waals surface area contributed by atoms with Gasteiger partial charge in [-0.3, -0.25) is 9.79 Å². The summed E-state index contributed by atoms with van der Waals surface area (Å²) in [7, 11) is 1.87. The predicted molar refractivity (Wildman–Crippen MR) is 115 cm³/mol. The molecule has 0 saturated heterocycles. The highest BCUT2D eigenvalue weighted by atomic mass is 16.5. The SMILES string of the molecule is CN/C=C(\C=N/CCOC1CCCC1)c1ccn2nc(NC(=O)C3CC3)cc2c1. The smallest absolute Gasteiger partial charge is 0.228 e. The van der Waals surface area contributed by atoms with Crippen LogP contribution in [-0.2, 0) is 9.53 Å². The molecule has 2 heterocycles. The van der Waals surface area contributed by atoms with Crippen molar-refractivity contribution in [3.8, 4) is 0 Å². The Hall–Kier alpha value is -2.67. The van der Waals surface area contributed by atoms with Crippen LogP contribution in [0.25, 0.3) is 11.1 Å². The summed E-state index contributed by atoms with van der Waals surface area (Å²) in [5, 5.41) is 10.4. The van der Waals surface area contributed by atoms with E-state index in [-0.39, 0.29) is 11.8 Å². The Labute approximate surface area is 171 Å². The number of fused-ring (bicyclic) bond motifs is 1. The van der Waals surface area contributed by atoms with Gasteiger partial charge in [0, 0.05) is 43.2 Å². The molecule has 2 saturated carbocycles. The number of aromatic nitrogens is 2. The number of rotatable bonds is 9. The normalized spacial score (nSPS) is 18.0. The third kappa shape index (κ3) is 5.23. The minimum absolute atomic E-state index is 0.0661. The molecular formula is C22H29N5O2.